The third-order valence-electron chi connectivity index (χ3n) is 6.01. The first-order valence-corrected chi connectivity index (χ1v) is 12.3. The minimum Gasteiger partial charge on any atom is -0.478 e. The van der Waals surface area contributed by atoms with Crippen LogP contribution in [0.2, 0.25) is 0 Å². The van der Waals surface area contributed by atoms with Crippen molar-refractivity contribution in [1.29, 1.82) is 0 Å². The molecule has 0 radical (unpaired) electrons. The van der Waals surface area contributed by atoms with Gasteiger partial charge in [-0.05, 0) is 30.0 Å². The van der Waals surface area contributed by atoms with Gasteiger partial charge in [-0.15, -0.1) is 0 Å². The van der Waals surface area contributed by atoms with Crippen LogP contribution in [0.5, 0.6) is 11.5 Å². The highest BCUT2D eigenvalue weighted by Crippen LogP contribution is 2.33. The molecule has 2 heterocycles. The van der Waals surface area contributed by atoms with E-state index in [9.17, 15) is 0 Å². The van der Waals surface area contributed by atoms with Gasteiger partial charge in [-0.25, -0.2) is 0 Å². The normalized spacial score (nSPS) is 18.5. The molecule has 0 amide bonds. The van der Waals surface area contributed by atoms with Crippen molar-refractivity contribution in [2.75, 3.05) is 26.6 Å². The molecule has 0 bridgehead atoms. The van der Waals surface area contributed by atoms with Gasteiger partial charge in [-0.1, -0.05) is 44.2 Å². The molecule has 6 heteroatoms. The smallest absolute Gasteiger partial charge is 0.142 e. The van der Waals surface area contributed by atoms with E-state index >= 15 is 0 Å². The van der Waals surface area contributed by atoms with Gasteiger partial charge < -0.3 is 9.47 Å². The summed E-state index contributed by atoms with van der Waals surface area (Å²) in [5, 5.41) is 0.826. The van der Waals surface area contributed by atoms with Gasteiger partial charge in [-0.3, -0.25) is 9.80 Å². The summed E-state index contributed by atoms with van der Waals surface area (Å²) < 4.78 is 12.2. The molecule has 2 unspecified atom stereocenters. The monoisotopic (exact) mass is 458 g/mol. The van der Waals surface area contributed by atoms with E-state index in [0.29, 0.717) is 24.0 Å². The SMILES string of the molecule is CC(S)CCN1COc2ccc(Cc3cccc4c3OCN(CCC(C)S)C4)cc2C1. The Balaban J connectivity index is 1.44. The number of fused-ring (bicyclic) bond motifs is 2. The van der Waals surface area contributed by atoms with Crippen molar-refractivity contribution < 1.29 is 9.47 Å². The maximum atomic E-state index is 6.22. The molecule has 0 saturated heterocycles. The van der Waals surface area contributed by atoms with Gasteiger partial charge >= 0.3 is 0 Å². The van der Waals surface area contributed by atoms with E-state index in [4.69, 9.17) is 9.47 Å². The van der Waals surface area contributed by atoms with Crippen LogP contribution < -0.4 is 9.47 Å². The standard InChI is InChI=1S/C25H34N2O2S2/c1-18(30)8-10-26-14-22-5-3-4-21(25(22)29-17-26)12-20-6-7-24-23(13-20)15-27(16-28-24)11-9-19(2)31/h3-7,13,18-19,30-31H,8-12,14-17H2,1-2H3. The van der Waals surface area contributed by atoms with E-state index < -0.39 is 0 Å². The van der Waals surface area contributed by atoms with Gasteiger partial charge in [0.2, 0.25) is 0 Å². The minimum absolute atomic E-state index is 0.411. The first-order chi connectivity index (χ1) is 15.0. The molecule has 0 saturated carbocycles. The Morgan fingerprint density at radius 2 is 1.55 bits per heavy atom. The third-order valence-corrected chi connectivity index (χ3v) is 6.52. The van der Waals surface area contributed by atoms with Crippen LogP contribution in [-0.4, -0.2) is 46.9 Å². The first-order valence-electron chi connectivity index (χ1n) is 11.3. The zero-order chi connectivity index (χ0) is 21.8. The van der Waals surface area contributed by atoms with Crippen LogP contribution in [0, 0.1) is 0 Å². The summed E-state index contributed by atoms with van der Waals surface area (Å²) in [6.45, 7) is 9.51. The quantitative estimate of drug-likeness (QED) is 0.544. The number of thiol groups is 2. The molecule has 0 aromatic heterocycles. The van der Waals surface area contributed by atoms with E-state index in [0.717, 1.165) is 56.9 Å². The Hall–Kier alpha value is -1.34. The molecule has 2 aliphatic heterocycles. The fourth-order valence-corrected chi connectivity index (χ4v) is 4.46. The summed E-state index contributed by atoms with van der Waals surface area (Å²) in [5.41, 5.74) is 5.12. The molecule has 0 N–H and O–H groups in total. The summed E-state index contributed by atoms with van der Waals surface area (Å²) in [5.74, 6) is 2.08. The fourth-order valence-electron chi connectivity index (χ4n) is 4.23. The average Bonchev–Trinajstić information content (AvgIpc) is 2.76. The number of benzene rings is 2. The highest BCUT2D eigenvalue weighted by Gasteiger charge is 2.21. The topological polar surface area (TPSA) is 24.9 Å². The van der Waals surface area contributed by atoms with Gasteiger partial charge in [-0.2, -0.15) is 25.3 Å². The first kappa shape index (κ1) is 22.8. The second-order valence-corrected chi connectivity index (χ2v) is 10.7. The van der Waals surface area contributed by atoms with Crippen LogP contribution in [0.1, 0.15) is 48.9 Å². The minimum atomic E-state index is 0.411. The summed E-state index contributed by atoms with van der Waals surface area (Å²) in [6, 6.07) is 13.2. The lowest BCUT2D eigenvalue weighted by Gasteiger charge is -2.31. The van der Waals surface area contributed by atoms with E-state index in [1.165, 1.54) is 22.3 Å². The largest absolute Gasteiger partial charge is 0.478 e. The molecule has 4 rings (SSSR count). The maximum Gasteiger partial charge on any atom is 0.142 e. The van der Waals surface area contributed by atoms with Crippen molar-refractivity contribution in [3.05, 3.63) is 58.7 Å². The number of hydrogen-bond acceptors (Lipinski definition) is 6. The Kier molecular flexibility index (Phi) is 7.75. The highest BCUT2D eigenvalue weighted by molar-refractivity contribution is 7.81. The lowest BCUT2D eigenvalue weighted by atomic mass is 9.98. The van der Waals surface area contributed by atoms with Crippen LogP contribution >= 0.6 is 25.3 Å². The molecule has 2 aliphatic rings. The molecule has 31 heavy (non-hydrogen) atoms. The Morgan fingerprint density at radius 3 is 2.26 bits per heavy atom. The molecule has 2 atom stereocenters. The van der Waals surface area contributed by atoms with Crippen LogP contribution in [0.25, 0.3) is 0 Å². The number of ether oxygens (including phenoxy) is 2. The Labute approximate surface area is 197 Å². The van der Waals surface area contributed by atoms with E-state index in [1.54, 1.807) is 0 Å². The van der Waals surface area contributed by atoms with Crippen molar-refractivity contribution in [2.24, 2.45) is 0 Å². The summed E-state index contributed by atoms with van der Waals surface area (Å²) in [4.78, 5) is 4.71. The second-order valence-electron chi connectivity index (χ2n) is 8.95. The van der Waals surface area contributed by atoms with Gasteiger partial charge in [0.1, 0.15) is 25.0 Å². The number of hydrogen-bond donors (Lipinski definition) is 2. The van der Waals surface area contributed by atoms with E-state index in [2.05, 4.69) is 85.3 Å². The van der Waals surface area contributed by atoms with Crippen molar-refractivity contribution in [3.8, 4) is 11.5 Å². The van der Waals surface area contributed by atoms with Gasteiger partial charge in [0.25, 0.3) is 0 Å². The zero-order valence-corrected chi connectivity index (χ0v) is 20.4. The van der Waals surface area contributed by atoms with Crippen molar-refractivity contribution in [3.63, 3.8) is 0 Å². The van der Waals surface area contributed by atoms with Gasteiger partial charge in [0.15, 0.2) is 0 Å². The third kappa shape index (κ3) is 6.13. The number of nitrogens with zero attached hydrogens (tertiary/aromatic N) is 2. The van der Waals surface area contributed by atoms with Crippen molar-refractivity contribution >= 4 is 25.3 Å². The summed E-state index contributed by atoms with van der Waals surface area (Å²) in [6.07, 6.45) is 3.01. The van der Waals surface area contributed by atoms with Gasteiger partial charge in [0.05, 0.1) is 0 Å². The molecular weight excluding hydrogens is 424 g/mol. The van der Waals surface area contributed by atoms with E-state index in [-0.39, 0.29) is 0 Å². The fraction of sp³-hybridized carbons (Fsp3) is 0.520. The molecule has 2 aromatic carbocycles. The predicted octanol–water partition coefficient (Wildman–Crippen LogP) is 5.00. The van der Waals surface area contributed by atoms with E-state index in [1.807, 2.05) is 0 Å². The van der Waals surface area contributed by atoms with Crippen LogP contribution in [0.15, 0.2) is 36.4 Å². The molecule has 0 aliphatic carbocycles. The Morgan fingerprint density at radius 1 is 0.871 bits per heavy atom. The molecule has 0 spiro atoms. The summed E-state index contributed by atoms with van der Waals surface area (Å²) >= 11 is 9.01. The molecular formula is C25H34N2O2S2. The zero-order valence-electron chi connectivity index (χ0n) is 18.6. The van der Waals surface area contributed by atoms with Crippen molar-refractivity contribution in [1.82, 2.24) is 9.80 Å². The van der Waals surface area contributed by atoms with Crippen LogP contribution in [-0.2, 0) is 19.5 Å². The number of rotatable bonds is 8. The Bertz CT molecular complexity index is 888. The molecule has 0 fully saturated rings. The average molecular weight is 459 g/mol. The molecule has 168 valence electrons. The van der Waals surface area contributed by atoms with Gasteiger partial charge in [0, 0.05) is 54.2 Å². The second kappa shape index (κ2) is 10.5. The molecule has 4 nitrogen and oxygen atoms in total. The summed E-state index contributed by atoms with van der Waals surface area (Å²) in [7, 11) is 0. The lowest BCUT2D eigenvalue weighted by molar-refractivity contribution is 0.0934. The lowest BCUT2D eigenvalue weighted by Crippen LogP contribution is -2.34. The number of para-hydroxylation sites is 1. The van der Waals surface area contributed by atoms with Crippen LogP contribution in [0.3, 0.4) is 0 Å². The molecule has 2 aromatic rings. The highest BCUT2D eigenvalue weighted by atomic mass is 32.1. The van der Waals surface area contributed by atoms with Crippen LogP contribution in [0.4, 0.5) is 0 Å². The predicted molar refractivity (Wildman–Crippen MR) is 134 cm³/mol. The van der Waals surface area contributed by atoms with Crippen molar-refractivity contribution in [2.45, 2.75) is 56.7 Å². The maximum absolute atomic E-state index is 6.22.